The normalized spacial score (nSPS) is 20.1. The summed E-state index contributed by atoms with van der Waals surface area (Å²) in [6, 6.07) is 8.67. The minimum absolute atomic E-state index is 0. The van der Waals surface area contributed by atoms with E-state index in [0.29, 0.717) is 12.0 Å². The number of piperidine rings is 1. The molecule has 7 nitrogen and oxygen atoms in total. The van der Waals surface area contributed by atoms with Crippen LogP contribution in [0.25, 0.3) is 0 Å². The number of nitrogens with one attached hydrogen (secondary N) is 2. The minimum Gasteiger partial charge on any atom is -0.497 e. The van der Waals surface area contributed by atoms with Crippen molar-refractivity contribution >= 4 is 35.6 Å². The van der Waals surface area contributed by atoms with Crippen molar-refractivity contribution in [3.05, 3.63) is 24.3 Å². The van der Waals surface area contributed by atoms with Gasteiger partial charge in [0.15, 0.2) is 5.96 Å². The van der Waals surface area contributed by atoms with Crippen molar-refractivity contribution in [3.63, 3.8) is 0 Å². The Morgan fingerprint density at radius 2 is 2.10 bits per heavy atom. The molecule has 0 bridgehead atoms. The molecule has 2 fully saturated rings. The van der Waals surface area contributed by atoms with Crippen molar-refractivity contribution < 1.29 is 14.2 Å². The van der Waals surface area contributed by atoms with Gasteiger partial charge >= 0.3 is 0 Å². The van der Waals surface area contributed by atoms with Crippen LogP contribution in [0.3, 0.4) is 0 Å². The highest BCUT2D eigenvalue weighted by atomic mass is 127. The van der Waals surface area contributed by atoms with Gasteiger partial charge in [-0.25, -0.2) is 0 Å². The third-order valence-corrected chi connectivity index (χ3v) is 5.86. The summed E-state index contributed by atoms with van der Waals surface area (Å²) in [4.78, 5) is 6.82. The third-order valence-electron chi connectivity index (χ3n) is 5.86. The number of rotatable bonds is 9. The highest BCUT2D eigenvalue weighted by Gasteiger charge is 2.21. The van der Waals surface area contributed by atoms with Crippen LogP contribution in [0.2, 0.25) is 0 Å². The lowest BCUT2D eigenvalue weighted by Crippen LogP contribution is -2.51. The second-order valence-corrected chi connectivity index (χ2v) is 8.11. The van der Waals surface area contributed by atoms with E-state index in [1.807, 2.05) is 13.1 Å². The molecule has 0 amide bonds. The number of methoxy groups -OCH3 is 1. The summed E-state index contributed by atoms with van der Waals surface area (Å²) >= 11 is 0. The Morgan fingerprint density at radius 3 is 2.87 bits per heavy atom. The Morgan fingerprint density at radius 1 is 1.26 bits per heavy atom. The lowest BCUT2D eigenvalue weighted by Gasteiger charge is -2.35. The summed E-state index contributed by atoms with van der Waals surface area (Å²) in [5.74, 6) is 2.44. The number of anilines is 1. The number of hydrogen-bond donors (Lipinski definition) is 2. The molecule has 8 heteroatoms. The SMILES string of the molecule is CN=C(NCCCOCC1CCOCC1)NC1CCCN(c2cccc(OC)c2)C1.I. The number of halogens is 1. The first-order valence-electron chi connectivity index (χ1n) is 11.3. The molecular weight excluding hydrogens is 507 g/mol. The Hall–Kier alpha value is -1.26. The molecule has 2 saturated heterocycles. The molecule has 31 heavy (non-hydrogen) atoms. The second-order valence-electron chi connectivity index (χ2n) is 8.11. The fourth-order valence-electron chi connectivity index (χ4n) is 4.07. The predicted octanol–water partition coefficient (Wildman–Crippen LogP) is 3.28. The first-order chi connectivity index (χ1) is 14.8. The highest BCUT2D eigenvalue weighted by Crippen LogP contribution is 2.24. The minimum atomic E-state index is 0. The first-order valence-corrected chi connectivity index (χ1v) is 11.3. The maximum Gasteiger partial charge on any atom is 0.191 e. The van der Waals surface area contributed by atoms with E-state index in [0.717, 1.165) is 89.9 Å². The molecule has 0 spiro atoms. The molecule has 0 aromatic heterocycles. The average molecular weight is 546 g/mol. The number of ether oxygens (including phenoxy) is 3. The van der Waals surface area contributed by atoms with Crippen LogP contribution in [0.1, 0.15) is 32.1 Å². The molecule has 1 aromatic rings. The van der Waals surface area contributed by atoms with E-state index in [9.17, 15) is 0 Å². The molecule has 2 aliphatic rings. The van der Waals surface area contributed by atoms with Gasteiger partial charge in [-0.3, -0.25) is 4.99 Å². The molecule has 2 aliphatic heterocycles. The predicted molar refractivity (Wildman–Crippen MR) is 137 cm³/mol. The zero-order chi connectivity index (χ0) is 21.0. The fraction of sp³-hybridized carbons (Fsp3) is 0.696. The van der Waals surface area contributed by atoms with Crippen LogP contribution in [-0.2, 0) is 9.47 Å². The quantitative estimate of drug-likeness (QED) is 0.215. The van der Waals surface area contributed by atoms with Crippen LogP contribution in [0, 0.1) is 5.92 Å². The van der Waals surface area contributed by atoms with Crippen LogP contribution in [0.5, 0.6) is 5.75 Å². The summed E-state index contributed by atoms with van der Waals surface area (Å²) in [5, 5.41) is 7.02. The number of hydrogen-bond acceptors (Lipinski definition) is 5. The summed E-state index contributed by atoms with van der Waals surface area (Å²) in [6.07, 6.45) is 5.54. The Kier molecular flexibility index (Phi) is 12.4. The van der Waals surface area contributed by atoms with E-state index < -0.39 is 0 Å². The Balaban J connectivity index is 0.00000341. The highest BCUT2D eigenvalue weighted by molar-refractivity contribution is 14.0. The van der Waals surface area contributed by atoms with Gasteiger partial charge in [0.2, 0.25) is 0 Å². The zero-order valence-corrected chi connectivity index (χ0v) is 21.3. The fourth-order valence-corrected chi connectivity index (χ4v) is 4.07. The summed E-state index contributed by atoms with van der Waals surface area (Å²) in [6.45, 7) is 6.30. The van der Waals surface area contributed by atoms with Crippen molar-refractivity contribution in [2.45, 2.75) is 38.1 Å². The maximum atomic E-state index is 5.85. The molecule has 1 unspecified atom stereocenters. The largest absolute Gasteiger partial charge is 0.497 e. The van der Waals surface area contributed by atoms with E-state index in [-0.39, 0.29) is 24.0 Å². The molecule has 3 rings (SSSR count). The van der Waals surface area contributed by atoms with E-state index in [1.165, 1.54) is 5.69 Å². The summed E-state index contributed by atoms with van der Waals surface area (Å²) in [7, 11) is 3.55. The van der Waals surface area contributed by atoms with Crippen molar-refractivity contribution in [2.24, 2.45) is 10.9 Å². The molecule has 2 heterocycles. The van der Waals surface area contributed by atoms with Gasteiger partial charge in [0.05, 0.1) is 7.11 Å². The number of benzene rings is 1. The molecule has 176 valence electrons. The van der Waals surface area contributed by atoms with Crippen molar-refractivity contribution in [1.82, 2.24) is 10.6 Å². The summed E-state index contributed by atoms with van der Waals surface area (Å²) < 4.78 is 16.6. The standard InChI is InChI=1S/C23H38N4O3.HI/c1-24-23(25-11-5-13-30-18-19-9-14-29-15-10-19)26-20-6-4-12-27(17-20)21-7-3-8-22(16-21)28-2;/h3,7-8,16,19-20H,4-6,9-15,17-18H2,1-2H3,(H2,24,25,26);1H. The van der Waals surface area contributed by atoms with Crippen LogP contribution >= 0.6 is 24.0 Å². The Labute approximate surface area is 204 Å². The number of guanidine groups is 1. The molecule has 1 atom stereocenters. The van der Waals surface area contributed by atoms with Gasteiger partial charge in [-0.2, -0.15) is 0 Å². The maximum absolute atomic E-state index is 5.85. The number of nitrogens with zero attached hydrogens (tertiary/aromatic N) is 2. The van der Waals surface area contributed by atoms with E-state index in [2.05, 4.69) is 38.7 Å². The van der Waals surface area contributed by atoms with Gasteiger partial charge in [0.25, 0.3) is 0 Å². The average Bonchev–Trinajstić information content (AvgIpc) is 2.81. The van der Waals surface area contributed by atoms with Crippen LogP contribution < -0.4 is 20.3 Å². The van der Waals surface area contributed by atoms with Crippen LogP contribution in [0.4, 0.5) is 5.69 Å². The van der Waals surface area contributed by atoms with Crippen LogP contribution in [0.15, 0.2) is 29.3 Å². The van der Waals surface area contributed by atoms with Crippen LogP contribution in [-0.4, -0.2) is 72.2 Å². The first kappa shape index (κ1) is 26.0. The van der Waals surface area contributed by atoms with Gasteiger partial charge < -0.3 is 29.7 Å². The van der Waals surface area contributed by atoms with E-state index in [4.69, 9.17) is 14.2 Å². The topological polar surface area (TPSA) is 67.4 Å². The molecule has 1 aromatic carbocycles. The van der Waals surface area contributed by atoms with Gasteiger partial charge in [-0.15, -0.1) is 24.0 Å². The molecule has 0 saturated carbocycles. The zero-order valence-electron chi connectivity index (χ0n) is 19.0. The molecular formula is C23H39IN4O3. The molecule has 2 N–H and O–H groups in total. The smallest absolute Gasteiger partial charge is 0.191 e. The Bertz CT molecular complexity index is 655. The lowest BCUT2D eigenvalue weighted by molar-refractivity contribution is 0.0203. The molecule has 0 aliphatic carbocycles. The van der Waals surface area contributed by atoms with E-state index >= 15 is 0 Å². The van der Waals surface area contributed by atoms with Gasteiger partial charge in [-0.05, 0) is 50.2 Å². The summed E-state index contributed by atoms with van der Waals surface area (Å²) in [5.41, 5.74) is 1.21. The van der Waals surface area contributed by atoms with Gasteiger partial charge in [0, 0.05) is 70.9 Å². The third kappa shape index (κ3) is 9.02. The van der Waals surface area contributed by atoms with Crippen molar-refractivity contribution in [2.75, 3.05) is 65.1 Å². The number of aliphatic imine (C=N–C) groups is 1. The van der Waals surface area contributed by atoms with E-state index in [1.54, 1.807) is 7.11 Å². The van der Waals surface area contributed by atoms with Crippen molar-refractivity contribution in [1.29, 1.82) is 0 Å². The van der Waals surface area contributed by atoms with Gasteiger partial charge in [0.1, 0.15) is 5.75 Å². The molecule has 0 radical (unpaired) electrons. The lowest BCUT2D eigenvalue weighted by atomic mass is 10.0. The second kappa shape index (κ2) is 14.7. The van der Waals surface area contributed by atoms with Crippen molar-refractivity contribution in [3.8, 4) is 5.75 Å². The van der Waals surface area contributed by atoms with Gasteiger partial charge in [-0.1, -0.05) is 6.07 Å². The monoisotopic (exact) mass is 546 g/mol.